The molecule has 0 fully saturated rings. The number of rotatable bonds is 8. The van der Waals surface area contributed by atoms with Crippen molar-refractivity contribution in [2.75, 3.05) is 7.11 Å². The summed E-state index contributed by atoms with van der Waals surface area (Å²) >= 11 is 0. The molecule has 0 aliphatic heterocycles. The fourth-order valence-electron chi connectivity index (χ4n) is 2.39. The van der Waals surface area contributed by atoms with Crippen LogP contribution < -0.4 is 10.1 Å². The van der Waals surface area contributed by atoms with E-state index in [1.807, 2.05) is 31.2 Å². The Labute approximate surface area is 137 Å². The Kier molecular flexibility index (Phi) is 6.20. The quantitative estimate of drug-likeness (QED) is 0.808. The lowest BCUT2D eigenvalue weighted by Gasteiger charge is -2.11. The number of methoxy groups -OCH3 is 1. The van der Waals surface area contributed by atoms with Crippen LogP contribution in [-0.4, -0.2) is 24.0 Å². The van der Waals surface area contributed by atoms with Crippen molar-refractivity contribution in [1.29, 1.82) is 0 Å². The van der Waals surface area contributed by atoms with Crippen LogP contribution in [0.15, 0.2) is 34.9 Å². The van der Waals surface area contributed by atoms with E-state index in [1.165, 1.54) is 0 Å². The maximum absolute atomic E-state index is 11.9. The summed E-state index contributed by atoms with van der Waals surface area (Å²) in [5.41, 5.74) is 0.936. The van der Waals surface area contributed by atoms with Gasteiger partial charge in [0.1, 0.15) is 5.75 Å². The van der Waals surface area contributed by atoms with Crippen LogP contribution in [0.25, 0.3) is 11.3 Å². The van der Waals surface area contributed by atoms with Crippen LogP contribution in [0.3, 0.4) is 0 Å². The van der Waals surface area contributed by atoms with Crippen LogP contribution >= 0.6 is 0 Å². The lowest BCUT2D eigenvalue weighted by atomic mass is 10.2. The first-order valence-corrected chi connectivity index (χ1v) is 8.01. The minimum atomic E-state index is 0.0372. The molecule has 0 saturated heterocycles. The molecule has 2 aromatic rings. The van der Waals surface area contributed by atoms with Crippen molar-refractivity contribution < 1.29 is 13.9 Å². The van der Waals surface area contributed by atoms with E-state index in [4.69, 9.17) is 9.15 Å². The van der Waals surface area contributed by atoms with Gasteiger partial charge in [0.15, 0.2) is 11.7 Å². The van der Waals surface area contributed by atoms with Gasteiger partial charge in [-0.1, -0.05) is 13.3 Å². The Bertz CT molecular complexity index is 619. The van der Waals surface area contributed by atoms with Crippen LogP contribution in [0.2, 0.25) is 0 Å². The predicted octanol–water partition coefficient (Wildman–Crippen LogP) is 3.59. The largest absolute Gasteiger partial charge is 0.497 e. The monoisotopic (exact) mass is 316 g/mol. The maximum atomic E-state index is 11.9. The van der Waals surface area contributed by atoms with Gasteiger partial charge in [-0.15, -0.1) is 0 Å². The molecule has 0 spiro atoms. The van der Waals surface area contributed by atoms with Crippen molar-refractivity contribution in [2.24, 2.45) is 0 Å². The summed E-state index contributed by atoms with van der Waals surface area (Å²) in [5.74, 6) is 2.11. The number of nitrogens with one attached hydrogen (secondary N) is 1. The Morgan fingerprint density at radius 2 is 2.09 bits per heavy atom. The molecule has 2 rings (SSSR count). The van der Waals surface area contributed by atoms with Crippen molar-refractivity contribution in [3.8, 4) is 17.1 Å². The van der Waals surface area contributed by atoms with Gasteiger partial charge >= 0.3 is 0 Å². The maximum Gasteiger partial charge on any atom is 0.220 e. The number of benzene rings is 1. The number of carbonyl (C=O) groups is 1. The highest BCUT2D eigenvalue weighted by atomic mass is 16.5. The molecule has 124 valence electrons. The number of oxazole rings is 1. The van der Waals surface area contributed by atoms with Gasteiger partial charge in [0.05, 0.1) is 13.3 Å². The van der Waals surface area contributed by atoms with E-state index in [0.29, 0.717) is 24.5 Å². The minimum absolute atomic E-state index is 0.0372. The lowest BCUT2D eigenvalue weighted by Crippen LogP contribution is -2.32. The average Bonchev–Trinajstić information content (AvgIpc) is 3.02. The zero-order valence-corrected chi connectivity index (χ0v) is 14.0. The number of carbonyl (C=O) groups excluding carboxylic acids is 1. The number of hydrogen-bond acceptors (Lipinski definition) is 4. The lowest BCUT2D eigenvalue weighted by molar-refractivity contribution is -0.121. The first-order valence-electron chi connectivity index (χ1n) is 8.01. The summed E-state index contributed by atoms with van der Waals surface area (Å²) in [6.45, 7) is 4.13. The third kappa shape index (κ3) is 5.13. The second-order valence-corrected chi connectivity index (χ2v) is 5.60. The van der Waals surface area contributed by atoms with Gasteiger partial charge in [-0.25, -0.2) is 4.98 Å². The molecule has 23 heavy (non-hydrogen) atoms. The Hall–Kier alpha value is -2.30. The molecule has 0 unspecified atom stereocenters. The number of amides is 1. The molecule has 1 atom stereocenters. The molecule has 0 aliphatic rings. The molecule has 1 amide bonds. The minimum Gasteiger partial charge on any atom is -0.497 e. The number of aryl methyl sites for hydroxylation is 1. The highest BCUT2D eigenvalue weighted by molar-refractivity contribution is 5.76. The Morgan fingerprint density at radius 3 is 2.74 bits per heavy atom. The Balaban J connectivity index is 1.88. The average molecular weight is 316 g/mol. The van der Waals surface area contributed by atoms with Gasteiger partial charge in [-0.3, -0.25) is 4.79 Å². The third-order valence-electron chi connectivity index (χ3n) is 3.62. The molecule has 5 nitrogen and oxygen atoms in total. The summed E-state index contributed by atoms with van der Waals surface area (Å²) in [7, 11) is 1.63. The summed E-state index contributed by atoms with van der Waals surface area (Å²) in [4.78, 5) is 16.1. The van der Waals surface area contributed by atoms with Crippen molar-refractivity contribution in [3.63, 3.8) is 0 Å². The van der Waals surface area contributed by atoms with Crippen LogP contribution in [0.1, 0.15) is 39.0 Å². The highest BCUT2D eigenvalue weighted by Crippen LogP contribution is 2.23. The molecular weight excluding hydrogens is 292 g/mol. The third-order valence-corrected chi connectivity index (χ3v) is 3.62. The molecule has 0 aliphatic carbocycles. The van der Waals surface area contributed by atoms with Crippen LogP contribution in [0.4, 0.5) is 0 Å². The summed E-state index contributed by atoms with van der Waals surface area (Å²) in [6.07, 6.45) is 4.63. The Morgan fingerprint density at radius 1 is 1.35 bits per heavy atom. The molecule has 5 heteroatoms. The van der Waals surface area contributed by atoms with E-state index >= 15 is 0 Å². The summed E-state index contributed by atoms with van der Waals surface area (Å²) in [5, 5.41) is 2.98. The predicted molar refractivity (Wildman–Crippen MR) is 89.3 cm³/mol. The smallest absolute Gasteiger partial charge is 0.220 e. The van der Waals surface area contributed by atoms with Gasteiger partial charge in [-0.05, 0) is 37.6 Å². The number of aromatic nitrogens is 1. The van der Waals surface area contributed by atoms with Gasteiger partial charge in [0.25, 0.3) is 0 Å². The first kappa shape index (κ1) is 17.1. The van der Waals surface area contributed by atoms with E-state index in [1.54, 1.807) is 13.3 Å². The van der Waals surface area contributed by atoms with E-state index in [0.717, 1.165) is 24.2 Å². The molecular formula is C18H24N2O3. The van der Waals surface area contributed by atoms with Gasteiger partial charge in [0.2, 0.25) is 5.91 Å². The van der Waals surface area contributed by atoms with Crippen LogP contribution in [0, 0.1) is 0 Å². The second-order valence-electron chi connectivity index (χ2n) is 5.60. The van der Waals surface area contributed by atoms with Crippen molar-refractivity contribution >= 4 is 5.91 Å². The molecule has 1 aromatic heterocycles. The fraction of sp³-hybridized carbons (Fsp3) is 0.444. The second kappa shape index (κ2) is 8.36. The normalized spacial score (nSPS) is 12.0. The van der Waals surface area contributed by atoms with Crippen molar-refractivity contribution in [1.82, 2.24) is 10.3 Å². The summed E-state index contributed by atoms with van der Waals surface area (Å²) < 4.78 is 10.8. The zero-order chi connectivity index (χ0) is 16.7. The van der Waals surface area contributed by atoms with Gasteiger partial charge < -0.3 is 14.5 Å². The molecule has 0 bridgehead atoms. The standard InChI is InChI=1S/C18H24N2O3/c1-4-5-13(2)20-17(21)10-11-18-19-12-16(23-18)14-6-8-15(22-3)9-7-14/h6-9,12-13H,4-5,10-11H2,1-3H3,(H,20,21)/t13-/m1/s1. The van der Waals surface area contributed by atoms with Crippen LogP contribution in [0.5, 0.6) is 5.75 Å². The molecule has 0 saturated carbocycles. The number of hydrogen-bond donors (Lipinski definition) is 1. The number of ether oxygens (including phenoxy) is 1. The molecule has 0 radical (unpaired) electrons. The summed E-state index contributed by atoms with van der Waals surface area (Å²) in [6, 6.07) is 7.80. The molecule has 1 heterocycles. The van der Waals surface area contributed by atoms with Gasteiger partial charge in [0, 0.05) is 24.4 Å². The van der Waals surface area contributed by atoms with E-state index in [9.17, 15) is 4.79 Å². The van der Waals surface area contributed by atoms with Crippen molar-refractivity contribution in [2.45, 2.75) is 45.6 Å². The van der Waals surface area contributed by atoms with Gasteiger partial charge in [-0.2, -0.15) is 0 Å². The van der Waals surface area contributed by atoms with Crippen LogP contribution in [-0.2, 0) is 11.2 Å². The molecule has 1 N–H and O–H groups in total. The topological polar surface area (TPSA) is 64.4 Å². The van der Waals surface area contributed by atoms with E-state index in [2.05, 4.69) is 17.2 Å². The van der Waals surface area contributed by atoms with Crippen molar-refractivity contribution in [3.05, 3.63) is 36.4 Å². The SMILES string of the molecule is CCC[C@@H](C)NC(=O)CCc1ncc(-c2ccc(OC)cc2)o1. The first-order chi connectivity index (χ1) is 11.1. The fourth-order valence-corrected chi connectivity index (χ4v) is 2.39. The highest BCUT2D eigenvalue weighted by Gasteiger charge is 2.10. The van der Waals surface area contributed by atoms with E-state index in [-0.39, 0.29) is 11.9 Å². The van der Waals surface area contributed by atoms with E-state index < -0.39 is 0 Å². The number of nitrogens with zero attached hydrogens (tertiary/aromatic N) is 1. The zero-order valence-electron chi connectivity index (χ0n) is 14.0. The molecule has 1 aromatic carbocycles.